The number of hydrogen-bond acceptors (Lipinski definition) is 5. The Labute approximate surface area is 305 Å². The Morgan fingerprint density at radius 3 is 1.83 bits per heavy atom. The summed E-state index contributed by atoms with van der Waals surface area (Å²) in [6.45, 7) is 0. The molecule has 5 heterocycles. The molecule has 0 N–H and O–H groups in total. The SMILES string of the molecule is c1ccc2c(-c3ccc4oc5ccccc5c4c3)nc(-n3c4ccccc4c4c5oc6ccccc6c5c5c(ccc6oc7ccccc7c65)c43)nc2c1. The van der Waals surface area contributed by atoms with Crippen molar-refractivity contribution >= 4 is 109 Å². The van der Waals surface area contributed by atoms with Crippen molar-refractivity contribution < 1.29 is 13.3 Å². The summed E-state index contributed by atoms with van der Waals surface area (Å²) in [4.78, 5) is 10.8. The summed E-state index contributed by atoms with van der Waals surface area (Å²) in [5.41, 5.74) is 9.77. The fourth-order valence-corrected chi connectivity index (χ4v) is 8.93. The molecule has 54 heavy (non-hydrogen) atoms. The molecule has 6 nitrogen and oxygen atoms in total. The molecular weight excluding hydrogens is 667 g/mol. The van der Waals surface area contributed by atoms with E-state index in [1.165, 1.54) is 0 Å². The minimum absolute atomic E-state index is 0.584. The van der Waals surface area contributed by atoms with Crippen LogP contribution in [0.15, 0.2) is 165 Å². The Hall–Kier alpha value is -7.44. The van der Waals surface area contributed by atoms with E-state index < -0.39 is 0 Å². The van der Waals surface area contributed by atoms with Crippen LogP contribution in [0.1, 0.15) is 0 Å². The van der Waals surface area contributed by atoms with Gasteiger partial charge < -0.3 is 13.3 Å². The van der Waals surface area contributed by atoms with Crippen LogP contribution in [-0.4, -0.2) is 14.5 Å². The highest BCUT2D eigenvalue weighted by Crippen LogP contribution is 2.49. The lowest BCUT2D eigenvalue weighted by atomic mass is 9.96. The Kier molecular flexibility index (Phi) is 5.28. The van der Waals surface area contributed by atoms with Crippen molar-refractivity contribution in [2.24, 2.45) is 0 Å². The lowest BCUT2D eigenvalue weighted by Gasteiger charge is -2.13. The van der Waals surface area contributed by atoms with Crippen LogP contribution in [0.4, 0.5) is 0 Å². The lowest BCUT2D eigenvalue weighted by Crippen LogP contribution is -2.03. The van der Waals surface area contributed by atoms with E-state index in [0.717, 1.165) is 121 Å². The molecule has 5 aromatic heterocycles. The van der Waals surface area contributed by atoms with E-state index in [2.05, 4.69) is 102 Å². The van der Waals surface area contributed by atoms with E-state index in [4.69, 9.17) is 23.2 Å². The van der Waals surface area contributed by atoms with Gasteiger partial charge in [0, 0.05) is 59.4 Å². The molecule has 0 atom stereocenters. The number of hydrogen-bond donors (Lipinski definition) is 0. The molecule has 0 aliphatic carbocycles. The molecule has 250 valence electrons. The smallest absolute Gasteiger partial charge is 0.235 e. The highest BCUT2D eigenvalue weighted by molar-refractivity contribution is 6.40. The van der Waals surface area contributed by atoms with Gasteiger partial charge in [-0.15, -0.1) is 0 Å². The fraction of sp³-hybridized carbons (Fsp3) is 0. The number of nitrogens with zero attached hydrogens (tertiary/aromatic N) is 3. The van der Waals surface area contributed by atoms with Crippen molar-refractivity contribution in [3.05, 3.63) is 152 Å². The fourth-order valence-electron chi connectivity index (χ4n) is 8.93. The largest absolute Gasteiger partial charge is 0.456 e. The number of rotatable bonds is 2. The van der Waals surface area contributed by atoms with E-state index in [-0.39, 0.29) is 0 Å². The third kappa shape index (κ3) is 3.59. The zero-order valence-electron chi connectivity index (χ0n) is 28.5. The number of furan rings is 3. The molecule has 0 saturated heterocycles. The molecule has 0 spiro atoms. The van der Waals surface area contributed by atoms with Crippen LogP contribution in [0.3, 0.4) is 0 Å². The third-order valence-electron chi connectivity index (χ3n) is 11.2. The van der Waals surface area contributed by atoms with Crippen molar-refractivity contribution in [2.45, 2.75) is 0 Å². The average Bonchev–Trinajstić information content (AvgIpc) is 3.99. The molecular formula is C48H25N3O3. The van der Waals surface area contributed by atoms with Crippen molar-refractivity contribution in [3.8, 4) is 17.2 Å². The monoisotopic (exact) mass is 691 g/mol. The van der Waals surface area contributed by atoms with Gasteiger partial charge in [0.1, 0.15) is 33.5 Å². The summed E-state index contributed by atoms with van der Waals surface area (Å²) >= 11 is 0. The van der Waals surface area contributed by atoms with Gasteiger partial charge >= 0.3 is 0 Å². The summed E-state index contributed by atoms with van der Waals surface area (Å²) in [6, 6.07) is 52.2. The highest BCUT2D eigenvalue weighted by Gasteiger charge is 2.26. The minimum atomic E-state index is 0.584. The van der Waals surface area contributed by atoms with E-state index in [9.17, 15) is 0 Å². The molecule has 0 radical (unpaired) electrons. The molecule has 0 unspecified atom stereocenters. The average molecular weight is 692 g/mol. The zero-order chi connectivity index (χ0) is 35.1. The van der Waals surface area contributed by atoms with E-state index in [0.29, 0.717) is 5.95 Å². The first-order chi connectivity index (χ1) is 26.8. The van der Waals surface area contributed by atoms with Gasteiger partial charge in [-0.1, -0.05) is 91.0 Å². The predicted molar refractivity (Wildman–Crippen MR) is 219 cm³/mol. The van der Waals surface area contributed by atoms with E-state index >= 15 is 0 Å². The molecule has 13 aromatic rings. The maximum atomic E-state index is 6.91. The summed E-state index contributed by atoms with van der Waals surface area (Å²) < 4.78 is 21.8. The first-order valence-corrected chi connectivity index (χ1v) is 18.1. The maximum absolute atomic E-state index is 6.91. The molecule has 0 aliphatic rings. The van der Waals surface area contributed by atoms with Crippen LogP contribution in [-0.2, 0) is 0 Å². The number of aromatic nitrogens is 3. The number of fused-ring (bicyclic) bond motifs is 18. The van der Waals surface area contributed by atoms with Gasteiger partial charge in [-0.05, 0) is 60.7 Å². The highest BCUT2D eigenvalue weighted by atomic mass is 16.3. The normalized spacial score (nSPS) is 12.4. The van der Waals surface area contributed by atoms with Gasteiger partial charge in [0.05, 0.1) is 27.6 Å². The van der Waals surface area contributed by atoms with Crippen LogP contribution >= 0.6 is 0 Å². The van der Waals surface area contributed by atoms with Gasteiger partial charge in [0.15, 0.2) is 0 Å². The first kappa shape index (κ1) is 28.2. The Morgan fingerprint density at radius 2 is 1.00 bits per heavy atom. The second-order valence-electron chi connectivity index (χ2n) is 14.0. The van der Waals surface area contributed by atoms with Gasteiger partial charge in [0.2, 0.25) is 5.95 Å². The van der Waals surface area contributed by atoms with Crippen molar-refractivity contribution in [1.82, 2.24) is 14.5 Å². The minimum Gasteiger partial charge on any atom is -0.456 e. The van der Waals surface area contributed by atoms with Gasteiger partial charge in [-0.3, -0.25) is 4.57 Å². The van der Waals surface area contributed by atoms with Crippen LogP contribution < -0.4 is 0 Å². The van der Waals surface area contributed by atoms with Crippen LogP contribution in [0.2, 0.25) is 0 Å². The summed E-state index contributed by atoms with van der Waals surface area (Å²) in [6.07, 6.45) is 0. The summed E-state index contributed by atoms with van der Waals surface area (Å²) in [7, 11) is 0. The quantitative estimate of drug-likeness (QED) is 0.180. The van der Waals surface area contributed by atoms with E-state index in [1.807, 2.05) is 54.6 Å². The maximum Gasteiger partial charge on any atom is 0.235 e. The molecule has 0 bridgehead atoms. The van der Waals surface area contributed by atoms with Crippen LogP contribution in [0, 0.1) is 0 Å². The molecule has 13 rings (SSSR count). The van der Waals surface area contributed by atoms with Gasteiger partial charge in [-0.25, -0.2) is 9.97 Å². The van der Waals surface area contributed by atoms with Crippen molar-refractivity contribution in [3.63, 3.8) is 0 Å². The second-order valence-corrected chi connectivity index (χ2v) is 14.0. The molecule has 0 amide bonds. The molecule has 6 heteroatoms. The number of para-hydroxylation sites is 5. The van der Waals surface area contributed by atoms with Crippen LogP contribution in [0.25, 0.3) is 127 Å². The Balaban J connectivity index is 1.22. The second kappa shape index (κ2) is 10.1. The summed E-state index contributed by atoms with van der Waals surface area (Å²) in [5, 5.41) is 11.7. The molecule has 0 fully saturated rings. The summed E-state index contributed by atoms with van der Waals surface area (Å²) in [5.74, 6) is 0.584. The molecule has 0 aliphatic heterocycles. The Morgan fingerprint density at radius 1 is 0.389 bits per heavy atom. The topological polar surface area (TPSA) is 70.1 Å². The third-order valence-corrected chi connectivity index (χ3v) is 11.2. The van der Waals surface area contributed by atoms with Crippen molar-refractivity contribution in [1.29, 1.82) is 0 Å². The van der Waals surface area contributed by atoms with Gasteiger partial charge in [0.25, 0.3) is 0 Å². The standard InChI is InChI=1S/C48H25N3O3/c1-6-16-34-28(12-1)45(26-21-23-39-33(25-26)27-11-3-8-18-36(27)52-39)50-48(49-34)51-35-17-7-2-13-29(35)44-46(51)32-22-24-40-41(30-14-4-9-19-37(30)53-40)42(32)43-31-15-5-10-20-38(31)54-47(43)44/h1-25H. The molecule has 0 saturated carbocycles. The molecule has 8 aromatic carbocycles. The van der Waals surface area contributed by atoms with Crippen LogP contribution in [0.5, 0.6) is 0 Å². The zero-order valence-corrected chi connectivity index (χ0v) is 28.5. The first-order valence-electron chi connectivity index (χ1n) is 18.1. The van der Waals surface area contributed by atoms with Gasteiger partial charge in [-0.2, -0.15) is 0 Å². The van der Waals surface area contributed by atoms with Crippen molar-refractivity contribution in [2.75, 3.05) is 0 Å². The lowest BCUT2D eigenvalue weighted by molar-refractivity contribution is 0.668. The number of benzene rings is 8. The predicted octanol–water partition coefficient (Wildman–Crippen LogP) is 13.2. The van der Waals surface area contributed by atoms with E-state index in [1.54, 1.807) is 0 Å². The Bertz CT molecular complexity index is 3750.